The van der Waals surface area contributed by atoms with E-state index in [0.29, 0.717) is 6.42 Å². The Balaban J connectivity index is 3.34. The molecule has 7 heavy (non-hydrogen) atoms. The first kappa shape index (κ1) is 6.63. The Morgan fingerprint density at radius 2 is 2.29 bits per heavy atom. The van der Waals surface area contributed by atoms with Crippen molar-refractivity contribution >= 4 is 5.78 Å². The molecule has 0 rings (SSSR count). The van der Waals surface area contributed by atoms with E-state index in [4.69, 9.17) is 5.11 Å². The Hall–Kier alpha value is -0.370. The number of carbonyl (C=O) groups is 1. The normalized spacial score (nSPS) is 13.6. The quantitative estimate of drug-likeness (QED) is 0.546. The van der Waals surface area contributed by atoms with Gasteiger partial charge >= 0.3 is 0 Å². The van der Waals surface area contributed by atoms with Crippen molar-refractivity contribution in [3.63, 3.8) is 0 Å². The molecule has 0 radical (unpaired) electrons. The monoisotopic (exact) mass is 102 g/mol. The van der Waals surface area contributed by atoms with Gasteiger partial charge in [-0.15, -0.1) is 0 Å². The van der Waals surface area contributed by atoms with Crippen LogP contribution in [0.1, 0.15) is 20.3 Å². The van der Waals surface area contributed by atoms with Gasteiger partial charge in [-0.2, -0.15) is 0 Å². The average Bonchev–Trinajstić information content (AvgIpc) is 1.65. The fraction of sp³-hybridized carbons (Fsp3) is 0.800. The van der Waals surface area contributed by atoms with Crippen LogP contribution >= 0.6 is 0 Å². The van der Waals surface area contributed by atoms with E-state index in [9.17, 15) is 4.79 Å². The molecule has 1 N–H and O–H groups in total. The molecule has 2 nitrogen and oxygen atoms in total. The summed E-state index contributed by atoms with van der Waals surface area (Å²) in [5.74, 6) is -0.150. The van der Waals surface area contributed by atoms with Crippen molar-refractivity contribution in [1.82, 2.24) is 0 Å². The molecule has 0 aromatic rings. The van der Waals surface area contributed by atoms with Gasteiger partial charge in [0, 0.05) is 0 Å². The highest BCUT2D eigenvalue weighted by Crippen LogP contribution is 1.88. The highest BCUT2D eigenvalue weighted by atomic mass is 16.3. The predicted molar refractivity (Wildman–Crippen MR) is 27.0 cm³/mol. The molecule has 1 unspecified atom stereocenters. The maximum absolute atomic E-state index is 10.1. The van der Waals surface area contributed by atoms with Gasteiger partial charge in [-0.1, -0.05) is 6.92 Å². The van der Waals surface area contributed by atoms with Gasteiger partial charge in [0.2, 0.25) is 0 Å². The fourth-order valence-electron chi connectivity index (χ4n) is 0.287. The van der Waals surface area contributed by atoms with E-state index in [1.54, 1.807) is 6.92 Å². The number of rotatable bonds is 2. The van der Waals surface area contributed by atoms with Gasteiger partial charge in [0.25, 0.3) is 0 Å². The molecular formula is C5H10O2. The molecule has 2 heteroatoms. The highest BCUT2D eigenvalue weighted by Gasteiger charge is 2.03. The molecule has 0 aliphatic rings. The smallest absolute Gasteiger partial charge is 0.158 e. The van der Waals surface area contributed by atoms with Gasteiger partial charge in [-0.3, -0.25) is 4.79 Å². The fourth-order valence-corrected chi connectivity index (χ4v) is 0.287. The van der Waals surface area contributed by atoms with Crippen molar-refractivity contribution in [3.05, 3.63) is 0 Å². The van der Waals surface area contributed by atoms with Crippen molar-refractivity contribution in [2.24, 2.45) is 0 Å². The third kappa shape index (κ3) is 2.34. The van der Waals surface area contributed by atoms with E-state index in [0.717, 1.165) is 0 Å². The van der Waals surface area contributed by atoms with Crippen LogP contribution in [0.2, 0.25) is 0 Å². The molecule has 0 heterocycles. The summed E-state index contributed by atoms with van der Waals surface area (Å²) in [7, 11) is 0. The number of hydrogen-bond acceptors (Lipinski definition) is 2. The lowest BCUT2D eigenvalue weighted by Gasteiger charge is -1.97. The van der Waals surface area contributed by atoms with Gasteiger partial charge < -0.3 is 5.11 Å². The molecule has 0 fully saturated rings. The van der Waals surface area contributed by atoms with Crippen molar-refractivity contribution in [2.75, 3.05) is 0 Å². The van der Waals surface area contributed by atoms with E-state index < -0.39 is 6.10 Å². The van der Waals surface area contributed by atoms with E-state index in [-0.39, 0.29) is 5.78 Å². The minimum Gasteiger partial charge on any atom is -0.385 e. The van der Waals surface area contributed by atoms with Gasteiger partial charge in [-0.25, -0.2) is 0 Å². The van der Waals surface area contributed by atoms with Crippen LogP contribution in [0.3, 0.4) is 0 Å². The summed E-state index contributed by atoms with van der Waals surface area (Å²) in [6.45, 7) is 3.15. The predicted octanol–water partition coefficient (Wildman–Crippen LogP) is 0.346. The Morgan fingerprint density at radius 3 is 2.29 bits per heavy atom. The second-order valence-electron chi connectivity index (χ2n) is 1.53. The molecule has 0 aromatic heterocycles. The maximum Gasteiger partial charge on any atom is 0.158 e. The lowest BCUT2D eigenvalue weighted by atomic mass is 10.2. The van der Waals surface area contributed by atoms with Crippen LogP contribution < -0.4 is 0 Å². The Labute approximate surface area is 43.2 Å². The van der Waals surface area contributed by atoms with Gasteiger partial charge in [0.15, 0.2) is 5.78 Å². The second kappa shape index (κ2) is 2.75. The van der Waals surface area contributed by atoms with E-state index in [1.165, 1.54) is 6.92 Å². The van der Waals surface area contributed by atoms with Crippen molar-refractivity contribution in [1.29, 1.82) is 0 Å². The zero-order valence-corrected chi connectivity index (χ0v) is 4.64. The minimum absolute atomic E-state index is 0.150. The molecule has 0 saturated carbocycles. The van der Waals surface area contributed by atoms with E-state index in [1.807, 2.05) is 0 Å². The number of hydrogen-bond donors (Lipinski definition) is 1. The van der Waals surface area contributed by atoms with Crippen molar-refractivity contribution in [3.8, 4) is 0 Å². The molecule has 0 spiro atoms. The SMILES string of the molecule is CCC(O)C(C)=O. The van der Waals surface area contributed by atoms with Gasteiger partial charge in [0.1, 0.15) is 6.10 Å². The van der Waals surface area contributed by atoms with E-state index in [2.05, 4.69) is 0 Å². The standard InChI is InChI=1S/C5H10O2/c1-3-5(7)4(2)6/h5,7H,3H2,1-2H3. The molecule has 0 aliphatic heterocycles. The van der Waals surface area contributed by atoms with Crippen LogP contribution in [-0.4, -0.2) is 17.0 Å². The van der Waals surface area contributed by atoms with Crippen LogP contribution in [0.25, 0.3) is 0 Å². The zero-order valence-electron chi connectivity index (χ0n) is 4.64. The Morgan fingerprint density at radius 1 is 1.86 bits per heavy atom. The largest absolute Gasteiger partial charge is 0.385 e. The number of aliphatic hydroxyl groups is 1. The lowest BCUT2D eigenvalue weighted by molar-refractivity contribution is -0.124. The summed E-state index contributed by atoms with van der Waals surface area (Å²) in [6.07, 6.45) is -0.213. The number of ketones is 1. The summed E-state index contributed by atoms with van der Waals surface area (Å²) in [4.78, 5) is 10.1. The van der Waals surface area contributed by atoms with Gasteiger partial charge in [0.05, 0.1) is 0 Å². The van der Waals surface area contributed by atoms with Crippen molar-refractivity contribution in [2.45, 2.75) is 26.4 Å². The van der Waals surface area contributed by atoms with Gasteiger partial charge in [-0.05, 0) is 13.3 Å². The molecule has 42 valence electrons. The van der Waals surface area contributed by atoms with Crippen LogP contribution in [0.5, 0.6) is 0 Å². The zero-order chi connectivity index (χ0) is 5.86. The van der Waals surface area contributed by atoms with Crippen LogP contribution in [-0.2, 0) is 4.79 Å². The summed E-state index contributed by atoms with van der Waals surface area (Å²) in [6, 6.07) is 0. The summed E-state index contributed by atoms with van der Waals surface area (Å²) >= 11 is 0. The summed E-state index contributed by atoms with van der Waals surface area (Å²) < 4.78 is 0. The topological polar surface area (TPSA) is 37.3 Å². The highest BCUT2D eigenvalue weighted by molar-refractivity contribution is 5.79. The number of aliphatic hydroxyl groups excluding tert-OH is 1. The maximum atomic E-state index is 10.1. The molecule has 1 atom stereocenters. The third-order valence-corrected chi connectivity index (χ3v) is 0.856. The third-order valence-electron chi connectivity index (χ3n) is 0.856. The van der Waals surface area contributed by atoms with Crippen LogP contribution in [0.4, 0.5) is 0 Å². The lowest BCUT2D eigenvalue weighted by Crippen LogP contribution is -2.14. The number of Topliss-reactive ketones (excluding diaryl/α,β-unsaturated/α-hetero) is 1. The molecule has 0 saturated heterocycles. The Bertz CT molecular complexity index is 68.5. The first-order valence-electron chi connectivity index (χ1n) is 2.37. The number of carbonyl (C=O) groups excluding carboxylic acids is 1. The molecule has 0 aromatic carbocycles. The van der Waals surface area contributed by atoms with Crippen LogP contribution in [0.15, 0.2) is 0 Å². The van der Waals surface area contributed by atoms with Crippen LogP contribution in [0, 0.1) is 0 Å². The molecule has 0 bridgehead atoms. The van der Waals surface area contributed by atoms with Crippen molar-refractivity contribution < 1.29 is 9.90 Å². The summed E-state index contributed by atoms with van der Waals surface area (Å²) in [5.41, 5.74) is 0. The van der Waals surface area contributed by atoms with E-state index >= 15 is 0 Å². The molecular weight excluding hydrogens is 92.1 g/mol. The average molecular weight is 102 g/mol. The Kier molecular flexibility index (Phi) is 2.60. The molecule has 0 amide bonds. The minimum atomic E-state index is -0.736. The summed E-state index contributed by atoms with van der Waals surface area (Å²) in [5, 5.41) is 8.59. The second-order valence-corrected chi connectivity index (χ2v) is 1.53. The molecule has 0 aliphatic carbocycles. The first-order chi connectivity index (χ1) is 3.18. The first-order valence-corrected chi connectivity index (χ1v) is 2.37.